The molecule has 3 aromatic carbocycles. The Hall–Kier alpha value is -3.53. The Bertz CT molecular complexity index is 990. The second-order valence-corrected chi connectivity index (χ2v) is 6.88. The van der Waals surface area contributed by atoms with Crippen LogP contribution in [0.4, 0.5) is 5.69 Å². The van der Waals surface area contributed by atoms with Gasteiger partial charge < -0.3 is 14.8 Å². The van der Waals surface area contributed by atoms with Crippen molar-refractivity contribution in [1.29, 1.82) is 0 Å². The van der Waals surface area contributed by atoms with Crippen LogP contribution in [0, 0.1) is 13.8 Å². The van der Waals surface area contributed by atoms with Crippen LogP contribution in [0.25, 0.3) is 6.08 Å². The predicted octanol–water partition coefficient (Wildman–Crippen LogP) is 5.54. The molecule has 0 atom stereocenters. The molecule has 0 aliphatic carbocycles. The number of hydrogen-bond acceptors (Lipinski definition) is 3. The SMILES string of the molecule is COc1cc(C=CC(=O)Nc2cc(C)cc(C)c2)ccc1OCc1ccccc1. The number of carbonyl (C=O) groups excluding carboxylic acids is 1. The lowest BCUT2D eigenvalue weighted by Crippen LogP contribution is -2.08. The van der Waals surface area contributed by atoms with Gasteiger partial charge in [0.15, 0.2) is 11.5 Å². The van der Waals surface area contributed by atoms with Crippen LogP contribution in [0.2, 0.25) is 0 Å². The van der Waals surface area contributed by atoms with E-state index in [1.54, 1.807) is 13.2 Å². The van der Waals surface area contributed by atoms with Crippen molar-refractivity contribution in [1.82, 2.24) is 0 Å². The highest BCUT2D eigenvalue weighted by Gasteiger charge is 2.06. The molecular weight excluding hydrogens is 362 g/mol. The Morgan fingerprint density at radius 2 is 1.66 bits per heavy atom. The molecule has 0 bridgehead atoms. The molecule has 0 aliphatic rings. The number of benzene rings is 3. The number of methoxy groups -OCH3 is 1. The fraction of sp³-hybridized carbons (Fsp3) is 0.160. The molecule has 0 fully saturated rings. The van der Waals surface area contributed by atoms with E-state index in [0.717, 1.165) is 27.9 Å². The van der Waals surface area contributed by atoms with Crippen molar-refractivity contribution >= 4 is 17.7 Å². The van der Waals surface area contributed by atoms with E-state index in [9.17, 15) is 4.79 Å². The minimum Gasteiger partial charge on any atom is -0.493 e. The van der Waals surface area contributed by atoms with E-state index in [2.05, 4.69) is 11.4 Å². The molecule has 148 valence electrons. The Kier molecular flexibility index (Phi) is 6.69. The fourth-order valence-electron chi connectivity index (χ4n) is 3.05. The number of amides is 1. The quantitative estimate of drug-likeness (QED) is 0.541. The van der Waals surface area contributed by atoms with Crippen molar-refractivity contribution < 1.29 is 14.3 Å². The second kappa shape index (κ2) is 9.60. The number of hydrogen-bond donors (Lipinski definition) is 1. The van der Waals surface area contributed by atoms with Gasteiger partial charge in [-0.15, -0.1) is 0 Å². The van der Waals surface area contributed by atoms with Crippen molar-refractivity contribution in [2.45, 2.75) is 20.5 Å². The molecule has 0 radical (unpaired) electrons. The highest BCUT2D eigenvalue weighted by molar-refractivity contribution is 6.02. The second-order valence-electron chi connectivity index (χ2n) is 6.88. The van der Waals surface area contributed by atoms with Gasteiger partial charge in [0, 0.05) is 11.8 Å². The van der Waals surface area contributed by atoms with E-state index in [4.69, 9.17) is 9.47 Å². The van der Waals surface area contributed by atoms with Crippen molar-refractivity contribution in [3.05, 3.63) is 95.1 Å². The summed E-state index contributed by atoms with van der Waals surface area (Å²) in [6.07, 6.45) is 3.26. The van der Waals surface area contributed by atoms with Gasteiger partial charge >= 0.3 is 0 Å². The summed E-state index contributed by atoms with van der Waals surface area (Å²) < 4.78 is 11.3. The summed E-state index contributed by atoms with van der Waals surface area (Å²) in [6, 6.07) is 21.5. The molecule has 0 saturated heterocycles. The molecule has 4 nitrogen and oxygen atoms in total. The number of anilines is 1. The molecule has 0 heterocycles. The summed E-state index contributed by atoms with van der Waals surface area (Å²) in [5.74, 6) is 1.10. The van der Waals surface area contributed by atoms with E-state index in [1.165, 1.54) is 6.08 Å². The van der Waals surface area contributed by atoms with Crippen molar-refractivity contribution in [3.8, 4) is 11.5 Å². The van der Waals surface area contributed by atoms with Crippen molar-refractivity contribution in [2.24, 2.45) is 0 Å². The Labute approximate surface area is 171 Å². The first-order valence-electron chi connectivity index (χ1n) is 9.45. The average molecular weight is 387 g/mol. The van der Waals surface area contributed by atoms with Gasteiger partial charge in [-0.05, 0) is 66.4 Å². The monoisotopic (exact) mass is 387 g/mol. The summed E-state index contributed by atoms with van der Waals surface area (Å²) in [6.45, 7) is 4.48. The van der Waals surface area contributed by atoms with Gasteiger partial charge in [0.25, 0.3) is 0 Å². The zero-order valence-electron chi connectivity index (χ0n) is 16.9. The summed E-state index contributed by atoms with van der Waals surface area (Å²) in [5.41, 5.74) is 4.95. The molecule has 1 N–H and O–H groups in total. The molecule has 0 aromatic heterocycles. The Balaban J connectivity index is 1.65. The van der Waals surface area contributed by atoms with Crippen LogP contribution in [0.5, 0.6) is 11.5 Å². The fourth-order valence-corrected chi connectivity index (χ4v) is 3.05. The largest absolute Gasteiger partial charge is 0.493 e. The summed E-state index contributed by atoms with van der Waals surface area (Å²) in [5, 5.41) is 2.89. The minimum atomic E-state index is -0.182. The van der Waals surface area contributed by atoms with Crippen LogP contribution in [0.3, 0.4) is 0 Å². The van der Waals surface area contributed by atoms with Gasteiger partial charge in [0.05, 0.1) is 7.11 Å². The molecular formula is C25H25NO3. The normalized spacial score (nSPS) is 10.7. The Morgan fingerprint density at radius 3 is 2.34 bits per heavy atom. The van der Waals surface area contributed by atoms with Crippen LogP contribution in [-0.4, -0.2) is 13.0 Å². The maximum absolute atomic E-state index is 12.2. The third-order valence-electron chi connectivity index (χ3n) is 4.34. The number of aryl methyl sites for hydroxylation is 2. The zero-order chi connectivity index (χ0) is 20.6. The first kappa shape index (κ1) is 20.2. The highest BCUT2D eigenvalue weighted by atomic mass is 16.5. The molecule has 29 heavy (non-hydrogen) atoms. The molecule has 1 amide bonds. The van der Waals surface area contributed by atoms with Gasteiger partial charge in [-0.25, -0.2) is 0 Å². The van der Waals surface area contributed by atoms with Gasteiger partial charge in [-0.1, -0.05) is 42.5 Å². The van der Waals surface area contributed by atoms with E-state index in [1.807, 2.05) is 74.5 Å². The summed E-state index contributed by atoms with van der Waals surface area (Å²) >= 11 is 0. The molecule has 0 spiro atoms. The molecule has 0 saturated carbocycles. The van der Waals surface area contributed by atoms with Crippen molar-refractivity contribution in [2.75, 3.05) is 12.4 Å². The topological polar surface area (TPSA) is 47.6 Å². The molecule has 3 rings (SSSR count). The maximum Gasteiger partial charge on any atom is 0.248 e. The van der Waals surface area contributed by atoms with E-state index >= 15 is 0 Å². The zero-order valence-corrected chi connectivity index (χ0v) is 16.9. The van der Waals surface area contributed by atoms with E-state index in [-0.39, 0.29) is 5.91 Å². The van der Waals surface area contributed by atoms with Crippen LogP contribution in [0.1, 0.15) is 22.3 Å². The average Bonchev–Trinajstić information content (AvgIpc) is 2.71. The molecule has 4 heteroatoms. The van der Waals surface area contributed by atoms with Gasteiger partial charge in [0.1, 0.15) is 6.61 Å². The van der Waals surface area contributed by atoms with Crippen LogP contribution in [0.15, 0.2) is 72.8 Å². The summed E-state index contributed by atoms with van der Waals surface area (Å²) in [4.78, 5) is 12.2. The maximum atomic E-state index is 12.2. The lowest BCUT2D eigenvalue weighted by molar-refractivity contribution is -0.111. The van der Waals surface area contributed by atoms with E-state index in [0.29, 0.717) is 18.1 Å². The molecule has 3 aromatic rings. The smallest absolute Gasteiger partial charge is 0.248 e. The van der Waals surface area contributed by atoms with Crippen LogP contribution >= 0.6 is 0 Å². The lowest BCUT2D eigenvalue weighted by Gasteiger charge is -2.11. The lowest BCUT2D eigenvalue weighted by atomic mass is 10.1. The number of ether oxygens (including phenoxy) is 2. The van der Waals surface area contributed by atoms with E-state index < -0.39 is 0 Å². The first-order chi connectivity index (χ1) is 14.0. The van der Waals surface area contributed by atoms with Crippen LogP contribution in [-0.2, 0) is 11.4 Å². The van der Waals surface area contributed by atoms with Crippen LogP contribution < -0.4 is 14.8 Å². The molecule has 0 unspecified atom stereocenters. The van der Waals surface area contributed by atoms with Crippen molar-refractivity contribution in [3.63, 3.8) is 0 Å². The standard InChI is InChI=1S/C25H25NO3/c1-18-13-19(2)15-22(14-18)26-25(27)12-10-20-9-11-23(24(16-20)28-3)29-17-21-7-5-4-6-8-21/h4-16H,17H2,1-3H3,(H,26,27). The number of nitrogens with one attached hydrogen (secondary N) is 1. The minimum absolute atomic E-state index is 0.182. The number of rotatable bonds is 7. The third kappa shape index (κ3) is 5.98. The van der Waals surface area contributed by atoms with Gasteiger partial charge in [-0.2, -0.15) is 0 Å². The van der Waals surface area contributed by atoms with Gasteiger partial charge in [0.2, 0.25) is 5.91 Å². The molecule has 0 aliphatic heterocycles. The third-order valence-corrected chi connectivity index (χ3v) is 4.34. The predicted molar refractivity (Wildman–Crippen MR) is 117 cm³/mol. The number of carbonyl (C=O) groups is 1. The highest BCUT2D eigenvalue weighted by Crippen LogP contribution is 2.29. The van der Waals surface area contributed by atoms with Gasteiger partial charge in [-0.3, -0.25) is 4.79 Å². The summed E-state index contributed by atoms with van der Waals surface area (Å²) in [7, 11) is 1.60. The first-order valence-corrected chi connectivity index (χ1v) is 9.45. The Morgan fingerprint density at radius 1 is 0.931 bits per heavy atom.